The van der Waals surface area contributed by atoms with Gasteiger partial charge in [0.1, 0.15) is 5.75 Å². The summed E-state index contributed by atoms with van der Waals surface area (Å²) in [6.07, 6.45) is 2.46. The van der Waals surface area contributed by atoms with Gasteiger partial charge in [-0.15, -0.1) is 0 Å². The van der Waals surface area contributed by atoms with Crippen molar-refractivity contribution in [3.8, 4) is 5.75 Å². The number of hydrogen-bond acceptors (Lipinski definition) is 3. The van der Waals surface area contributed by atoms with Crippen LogP contribution in [0.1, 0.15) is 32.3 Å². The van der Waals surface area contributed by atoms with Crippen molar-refractivity contribution in [3.63, 3.8) is 0 Å². The lowest BCUT2D eigenvalue weighted by atomic mass is 10.1. The highest BCUT2D eigenvalue weighted by molar-refractivity contribution is 6.32. The molecule has 19 heavy (non-hydrogen) atoms. The second kappa shape index (κ2) is 6.60. The molecule has 2 N–H and O–H groups in total. The average Bonchev–Trinajstić information content (AvgIpc) is 2.32. The van der Waals surface area contributed by atoms with Crippen LogP contribution in [0.15, 0.2) is 18.2 Å². The van der Waals surface area contributed by atoms with Crippen LogP contribution in [0.25, 0.3) is 0 Å². The van der Waals surface area contributed by atoms with Gasteiger partial charge in [-0.2, -0.15) is 0 Å². The average molecular weight is 283 g/mol. The summed E-state index contributed by atoms with van der Waals surface area (Å²) in [5, 5.41) is 0.688. The van der Waals surface area contributed by atoms with Crippen molar-refractivity contribution in [3.05, 3.63) is 28.8 Å². The van der Waals surface area contributed by atoms with E-state index in [1.54, 1.807) is 0 Å². The second-order valence-corrected chi connectivity index (χ2v) is 5.98. The first-order valence-corrected chi connectivity index (χ1v) is 7.35. The molecule has 0 saturated carbocycles. The van der Waals surface area contributed by atoms with Crippen molar-refractivity contribution >= 4 is 11.6 Å². The highest BCUT2D eigenvalue weighted by Crippen LogP contribution is 2.27. The number of hydrogen-bond donors (Lipinski definition) is 1. The van der Waals surface area contributed by atoms with Crippen LogP contribution in [0, 0.1) is 0 Å². The molecule has 0 bridgehead atoms. The van der Waals surface area contributed by atoms with Crippen molar-refractivity contribution in [2.24, 2.45) is 5.73 Å². The first-order chi connectivity index (χ1) is 9.04. The topological polar surface area (TPSA) is 38.5 Å². The lowest BCUT2D eigenvalue weighted by Crippen LogP contribution is -2.42. The number of ether oxygens (including phenoxy) is 1. The third-order valence-electron chi connectivity index (χ3n) is 3.31. The minimum Gasteiger partial charge on any atom is -0.489 e. The van der Waals surface area contributed by atoms with Crippen LogP contribution in [-0.4, -0.2) is 30.1 Å². The first kappa shape index (κ1) is 14.6. The molecular weight excluding hydrogens is 260 g/mol. The van der Waals surface area contributed by atoms with Crippen LogP contribution in [0.4, 0.5) is 0 Å². The maximum Gasteiger partial charge on any atom is 0.138 e. The smallest absolute Gasteiger partial charge is 0.138 e. The van der Waals surface area contributed by atoms with Crippen LogP contribution in [0.5, 0.6) is 5.75 Å². The van der Waals surface area contributed by atoms with Gasteiger partial charge in [0.15, 0.2) is 0 Å². The van der Waals surface area contributed by atoms with Gasteiger partial charge in [0.05, 0.1) is 11.1 Å². The van der Waals surface area contributed by atoms with Gasteiger partial charge in [-0.3, -0.25) is 4.90 Å². The van der Waals surface area contributed by atoms with Gasteiger partial charge in [-0.1, -0.05) is 17.7 Å². The molecule has 4 heteroatoms. The van der Waals surface area contributed by atoms with Crippen LogP contribution in [0.3, 0.4) is 0 Å². The molecule has 1 unspecified atom stereocenters. The SMILES string of the molecule is CC(C)Oc1ccc(CN2CCCC(N)C2)cc1Cl. The summed E-state index contributed by atoms with van der Waals surface area (Å²) in [7, 11) is 0. The third-order valence-corrected chi connectivity index (χ3v) is 3.60. The minimum absolute atomic E-state index is 0.142. The molecule has 1 aromatic rings. The Morgan fingerprint density at radius 2 is 2.26 bits per heavy atom. The van der Waals surface area contributed by atoms with E-state index in [2.05, 4.69) is 11.0 Å². The van der Waals surface area contributed by atoms with E-state index in [1.165, 1.54) is 12.0 Å². The van der Waals surface area contributed by atoms with Gasteiger partial charge in [-0.05, 0) is 50.9 Å². The number of likely N-dealkylation sites (tertiary alicyclic amines) is 1. The van der Waals surface area contributed by atoms with E-state index in [9.17, 15) is 0 Å². The number of rotatable bonds is 4. The van der Waals surface area contributed by atoms with Crippen molar-refractivity contribution in [1.29, 1.82) is 0 Å². The number of nitrogens with zero attached hydrogens (tertiary/aromatic N) is 1. The zero-order valence-corrected chi connectivity index (χ0v) is 12.5. The molecule has 0 amide bonds. The third kappa shape index (κ3) is 4.37. The zero-order chi connectivity index (χ0) is 13.8. The minimum atomic E-state index is 0.142. The Kier molecular flexibility index (Phi) is 5.08. The molecule has 0 spiro atoms. The molecule has 1 aliphatic rings. The van der Waals surface area contributed by atoms with Crippen molar-refractivity contribution < 1.29 is 4.74 Å². The van der Waals surface area contributed by atoms with Gasteiger partial charge in [0.25, 0.3) is 0 Å². The summed E-state index contributed by atoms with van der Waals surface area (Å²) in [5.41, 5.74) is 7.22. The lowest BCUT2D eigenvalue weighted by Gasteiger charge is -2.30. The molecule has 1 heterocycles. The van der Waals surface area contributed by atoms with Gasteiger partial charge in [-0.25, -0.2) is 0 Å². The molecule has 106 valence electrons. The molecule has 0 radical (unpaired) electrons. The Labute approximate surface area is 120 Å². The Morgan fingerprint density at radius 3 is 2.89 bits per heavy atom. The highest BCUT2D eigenvalue weighted by atomic mass is 35.5. The van der Waals surface area contributed by atoms with E-state index in [4.69, 9.17) is 22.1 Å². The fourth-order valence-electron chi connectivity index (χ4n) is 2.49. The fourth-order valence-corrected chi connectivity index (χ4v) is 2.73. The predicted octanol–water partition coefficient (Wildman–Crippen LogP) is 3.05. The van der Waals surface area contributed by atoms with E-state index in [-0.39, 0.29) is 6.10 Å². The molecule has 3 nitrogen and oxygen atoms in total. The van der Waals surface area contributed by atoms with E-state index in [0.717, 1.165) is 31.8 Å². The molecule has 1 saturated heterocycles. The van der Waals surface area contributed by atoms with E-state index >= 15 is 0 Å². The largest absolute Gasteiger partial charge is 0.489 e. The van der Waals surface area contributed by atoms with Crippen molar-refractivity contribution in [2.45, 2.75) is 45.4 Å². The zero-order valence-electron chi connectivity index (χ0n) is 11.7. The predicted molar refractivity (Wildman–Crippen MR) is 79.7 cm³/mol. The molecular formula is C15H23ClN2O. The Morgan fingerprint density at radius 1 is 1.47 bits per heavy atom. The molecule has 1 aliphatic heterocycles. The Balaban J connectivity index is 1.99. The number of benzene rings is 1. The maximum atomic E-state index is 6.25. The molecule has 2 rings (SSSR count). The molecule has 1 fully saturated rings. The normalized spacial score (nSPS) is 20.8. The summed E-state index contributed by atoms with van der Waals surface area (Å²) >= 11 is 6.25. The highest BCUT2D eigenvalue weighted by Gasteiger charge is 2.17. The van der Waals surface area contributed by atoms with Gasteiger partial charge in [0.2, 0.25) is 0 Å². The number of nitrogens with two attached hydrogens (primary N) is 1. The summed E-state index contributed by atoms with van der Waals surface area (Å²) in [6.45, 7) is 7.01. The van der Waals surface area contributed by atoms with E-state index < -0.39 is 0 Å². The molecule has 1 aromatic carbocycles. The Hall–Kier alpha value is -0.770. The monoisotopic (exact) mass is 282 g/mol. The fraction of sp³-hybridized carbons (Fsp3) is 0.600. The van der Waals surface area contributed by atoms with E-state index in [1.807, 2.05) is 26.0 Å². The summed E-state index contributed by atoms with van der Waals surface area (Å²) in [4.78, 5) is 2.39. The lowest BCUT2D eigenvalue weighted by molar-refractivity contribution is 0.201. The van der Waals surface area contributed by atoms with Crippen molar-refractivity contribution in [1.82, 2.24) is 4.90 Å². The van der Waals surface area contributed by atoms with Crippen LogP contribution >= 0.6 is 11.6 Å². The van der Waals surface area contributed by atoms with Gasteiger partial charge in [0, 0.05) is 19.1 Å². The number of halogens is 1. The first-order valence-electron chi connectivity index (χ1n) is 6.97. The van der Waals surface area contributed by atoms with Gasteiger partial charge >= 0.3 is 0 Å². The van der Waals surface area contributed by atoms with E-state index in [0.29, 0.717) is 11.1 Å². The summed E-state index contributed by atoms with van der Waals surface area (Å²) in [6, 6.07) is 6.36. The maximum absolute atomic E-state index is 6.25. The summed E-state index contributed by atoms with van der Waals surface area (Å²) < 4.78 is 5.64. The molecule has 0 aromatic heterocycles. The van der Waals surface area contributed by atoms with Crippen LogP contribution < -0.4 is 10.5 Å². The number of piperidine rings is 1. The standard InChI is InChI=1S/C15H23ClN2O/c1-11(2)19-15-6-5-12(8-14(15)16)9-18-7-3-4-13(17)10-18/h5-6,8,11,13H,3-4,7,9-10,17H2,1-2H3. The molecule has 0 aliphatic carbocycles. The van der Waals surface area contributed by atoms with Crippen LogP contribution in [-0.2, 0) is 6.54 Å². The Bertz CT molecular complexity index is 423. The molecule has 1 atom stereocenters. The van der Waals surface area contributed by atoms with Crippen LogP contribution in [0.2, 0.25) is 5.02 Å². The van der Waals surface area contributed by atoms with Crippen molar-refractivity contribution in [2.75, 3.05) is 13.1 Å². The second-order valence-electron chi connectivity index (χ2n) is 5.57. The quantitative estimate of drug-likeness (QED) is 0.922. The van der Waals surface area contributed by atoms with Gasteiger partial charge < -0.3 is 10.5 Å². The summed E-state index contributed by atoms with van der Waals surface area (Å²) in [5.74, 6) is 0.760.